The van der Waals surface area contributed by atoms with Crippen molar-refractivity contribution in [1.82, 2.24) is 5.32 Å². The number of allylic oxidation sites excluding steroid dienone is 5. The second-order valence-electron chi connectivity index (χ2n) is 14.7. The Morgan fingerprint density at radius 3 is 2.41 bits per heavy atom. The summed E-state index contributed by atoms with van der Waals surface area (Å²) in [5, 5.41) is 26.8. The predicted molar refractivity (Wildman–Crippen MR) is 204 cm³/mol. The average molecular weight is 782 g/mol. The highest BCUT2D eigenvalue weighted by atomic mass is 35.5. The summed E-state index contributed by atoms with van der Waals surface area (Å²) in [5.41, 5.74) is 1.81. The van der Waals surface area contributed by atoms with Gasteiger partial charge < -0.3 is 34.7 Å². The van der Waals surface area contributed by atoms with E-state index >= 15 is 0 Å². The number of hydrogen-bond acceptors (Lipinski definition) is 7. The van der Waals surface area contributed by atoms with Crippen molar-refractivity contribution in [2.75, 3.05) is 69.9 Å². The van der Waals surface area contributed by atoms with Gasteiger partial charge in [0.05, 0.1) is 38.9 Å². The second-order valence-corrected chi connectivity index (χ2v) is 19.4. The van der Waals surface area contributed by atoms with Gasteiger partial charge in [-0.2, -0.15) is 0 Å². The van der Waals surface area contributed by atoms with E-state index in [1.165, 1.54) is 12.1 Å². The zero-order valence-electron chi connectivity index (χ0n) is 30.6. The van der Waals surface area contributed by atoms with Crippen LogP contribution >= 0.6 is 11.6 Å². The number of halogens is 3. The fourth-order valence-corrected chi connectivity index (χ4v) is 10.7. The summed E-state index contributed by atoms with van der Waals surface area (Å²) in [6.45, 7) is 6.31. The van der Waals surface area contributed by atoms with Crippen LogP contribution in [0.15, 0.2) is 65.4 Å². The number of anilines is 1. The number of benzene rings is 2. The molecule has 3 aliphatic heterocycles. The molecular weight excluding hydrogens is 736 g/mol. The number of carbonyl (C=O) groups excluding carboxylic acids is 2. The standard InChI is InChI=1S/C40H46ClF2N3O7Si/c1-54(2)34-20-28(45-22-27(42)23-45)8-11-31(34)36(32-12-9-29(21-35(32)54)46-24-40(43,25-46)39(50)51)33-19-26(7-10-30(33)38(48)49)37(47)44-14-16-53-18-17-52-15-6-4-3-5-13-41/h7-12,19-21,27H,3-6,13-18,22-25H2,1-2H3,(H2-,44,47,48,49,50,51). The molecule has 2 saturated heterocycles. The van der Waals surface area contributed by atoms with Crippen molar-refractivity contribution in [2.45, 2.75) is 50.6 Å². The zero-order chi connectivity index (χ0) is 38.6. The molecule has 0 aromatic heterocycles. The molecular formula is C40H46ClF2N3O7Si. The number of carbonyl (C=O) groups is 3. The van der Waals surface area contributed by atoms with Gasteiger partial charge in [0.1, 0.15) is 14.2 Å². The second kappa shape index (κ2) is 16.7. The number of unbranched alkanes of at least 4 members (excludes halogenated alkanes) is 3. The average Bonchev–Trinajstić information content (AvgIpc) is 3.12. The molecule has 2 aromatic carbocycles. The molecule has 0 radical (unpaired) electrons. The van der Waals surface area contributed by atoms with Crippen LogP contribution in [0.3, 0.4) is 0 Å². The lowest BCUT2D eigenvalue weighted by molar-refractivity contribution is -0.613. The first kappa shape index (κ1) is 39.5. The van der Waals surface area contributed by atoms with E-state index in [4.69, 9.17) is 21.1 Å². The number of rotatable bonds is 17. The number of carboxylic acids is 2. The molecule has 0 saturated carbocycles. The van der Waals surface area contributed by atoms with Crippen molar-refractivity contribution < 1.29 is 47.4 Å². The Labute approximate surface area is 319 Å². The first-order valence-corrected chi connectivity index (χ1v) is 22.0. The summed E-state index contributed by atoms with van der Waals surface area (Å²) >= 11 is 5.70. The van der Waals surface area contributed by atoms with Crippen LogP contribution in [-0.2, 0) is 14.3 Å². The molecule has 2 aromatic rings. The zero-order valence-corrected chi connectivity index (χ0v) is 32.4. The number of alkyl halides is 3. The van der Waals surface area contributed by atoms with Crippen LogP contribution in [0.1, 0.15) is 57.5 Å². The van der Waals surface area contributed by atoms with Crippen molar-refractivity contribution in [1.29, 1.82) is 0 Å². The van der Waals surface area contributed by atoms with Crippen LogP contribution in [0.4, 0.5) is 14.5 Å². The van der Waals surface area contributed by atoms with Crippen LogP contribution < -0.4 is 20.5 Å². The quantitative estimate of drug-likeness (QED) is 0.107. The van der Waals surface area contributed by atoms with Crippen molar-refractivity contribution in [2.24, 2.45) is 0 Å². The van der Waals surface area contributed by atoms with Crippen molar-refractivity contribution >= 4 is 59.7 Å². The molecule has 10 nitrogen and oxygen atoms in total. The third-order valence-corrected chi connectivity index (χ3v) is 14.4. The summed E-state index contributed by atoms with van der Waals surface area (Å²) in [6.07, 6.45) is 8.82. The number of hydrogen-bond donors (Lipinski definition) is 2. The van der Waals surface area contributed by atoms with Crippen LogP contribution in [-0.4, -0.2) is 118 Å². The Hall–Kier alpha value is -4.17. The molecule has 2 fully saturated rings. The van der Waals surface area contributed by atoms with E-state index in [1.807, 2.05) is 35.3 Å². The Bertz CT molecular complexity index is 1930. The maximum atomic E-state index is 14.8. The topological polar surface area (TPSA) is 131 Å². The molecule has 54 heavy (non-hydrogen) atoms. The highest BCUT2D eigenvalue weighted by Gasteiger charge is 2.57. The molecule has 0 atom stereocenters. The summed E-state index contributed by atoms with van der Waals surface area (Å²) in [4.78, 5) is 39.5. The number of amides is 1. The molecule has 1 amide bonds. The third kappa shape index (κ3) is 8.24. The van der Waals surface area contributed by atoms with Gasteiger partial charge in [-0.05, 0) is 75.8 Å². The number of aromatic carboxylic acids is 1. The molecule has 0 unspecified atom stereocenters. The van der Waals surface area contributed by atoms with Gasteiger partial charge in [0.15, 0.2) is 18.8 Å². The normalized spacial score (nSPS) is 20.2. The number of fused-ring (bicyclic) bond motifs is 2. The maximum Gasteiger partial charge on any atom is 0.355 e. The van der Waals surface area contributed by atoms with Gasteiger partial charge in [-0.3, -0.25) is 4.79 Å². The van der Waals surface area contributed by atoms with Crippen LogP contribution in [0.5, 0.6) is 0 Å². The summed E-state index contributed by atoms with van der Waals surface area (Å²) in [6, 6.07) is 10.3. The SMILES string of the molecule is C[Si]1(C)C2=CC(=[N+]3CC(F)(C(=O)O)C3)C=CC2=C(c2cc(C(=O)NCCOCCOCCCCCCCl)ccc2C(=O)[O-])c2ccc(N3CC(F)C3)cc21. The molecule has 1 aliphatic carbocycles. The summed E-state index contributed by atoms with van der Waals surface area (Å²) in [7, 11) is -2.58. The predicted octanol–water partition coefficient (Wildman–Crippen LogP) is 3.80. The molecule has 6 rings (SSSR count). The fraction of sp³-hybridized carbons (Fsp3) is 0.450. The Kier molecular flexibility index (Phi) is 12.2. The van der Waals surface area contributed by atoms with Crippen molar-refractivity contribution in [3.05, 3.63) is 87.6 Å². The van der Waals surface area contributed by atoms with Crippen molar-refractivity contribution in [3.63, 3.8) is 0 Å². The number of aliphatic carboxylic acids is 1. The minimum atomic E-state index is -2.58. The van der Waals surface area contributed by atoms with Crippen LogP contribution in [0.2, 0.25) is 13.1 Å². The van der Waals surface area contributed by atoms with Gasteiger partial charge in [0, 0.05) is 48.0 Å². The fourth-order valence-electron chi connectivity index (χ4n) is 7.40. The van der Waals surface area contributed by atoms with Gasteiger partial charge in [-0.1, -0.05) is 38.1 Å². The van der Waals surface area contributed by atoms with Crippen LogP contribution in [0, 0.1) is 0 Å². The molecule has 0 spiro atoms. The molecule has 4 aliphatic rings. The van der Waals surface area contributed by atoms with Gasteiger partial charge in [0.2, 0.25) is 0 Å². The van der Waals surface area contributed by atoms with E-state index in [0.717, 1.165) is 52.9 Å². The minimum Gasteiger partial charge on any atom is -0.545 e. The van der Waals surface area contributed by atoms with Crippen molar-refractivity contribution in [3.8, 4) is 0 Å². The number of nitrogens with one attached hydrogen (secondary N) is 1. The first-order chi connectivity index (χ1) is 25.8. The smallest absolute Gasteiger partial charge is 0.355 e. The Morgan fingerprint density at radius 2 is 1.72 bits per heavy atom. The number of ether oxygens (including phenoxy) is 2. The maximum absolute atomic E-state index is 14.8. The van der Waals surface area contributed by atoms with E-state index in [0.29, 0.717) is 42.5 Å². The van der Waals surface area contributed by atoms with Gasteiger partial charge in [-0.25, -0.2) is 18.2 Å². The lowest BCUT2D eigenvalue weighted by Crippen LogP contribution is -2.60. The Morgan fingerprint density at radius 1 is 1.00 bits per heavy atom. The molecule has 3 heterocycles. The Balaban J connectivity index is 1.27. The van der Waals surface area contributed by atoms with Gasteiger partial charge in [-0.15, -0.1) is 11.6 Å². The highest BCUT2D eigenvalue weighted by Crippen LogP contribution is 2.43. The summed E-state index contributed by atoms with van der Waals surface area (Å²) in [5.74, 6) is -2.63. The lowest BCUT2D eigenvalue weighted by atomic mass is 9.86. The first-order valence-electron chi connectivity index (χ1n) is 18.4. The molecule has 2 N–H and O–H groups in total. The van der Waals surface area contributed by atoms with E-state index < -0.39 is 37.8 Å². The molecule has 14 heteroatoms. The molecule has 0 bridgehead atoms. The van der Waals surface area contributed by atoms with E-state index in [2.05, 4.69) is 18.4 Å². The van der Waals surface area contributed by atoms with E-state index in [1.54, 1.807) is 16.7 Å². The van der Waals surface area contributed by atoms with Crippen LogP contribution in [0.25, 0.3) is 5.57 Å². The number of nitrogens with zero attached hydrogens (tertiary/aromatic N) is 2. The third-order valence-electron chi connectivity index (χ3n) is 10.6. The van der Waals surface area contributed by atoms with Gasteiger partial charge >= 0.3 is 11.6 Å². The molecule has 288 valence electrons. The summed E-state index contributed by atoms with van der Waals surface area (Å²) < 4.78 is 41.6. The largest absolute Gasteiger partial charge is 0.545 e. The number of carboxylic acid groups (broad SMARTS) is 2. The highest BCUT2D eigenvalue weighted by molar-refractivity contribution is 6.98. The van der Waals surface area contributed by atoms with Gasteiger partial charge in [0.25, 0.3) is 5.91 Å². The minimum absolute atomic E-state index is 0.0928. The van der Waals surface area contributed by atoms with E-state index in [9.17, 15) is 33.4 Å². The lowest BCUT2D eigenvalue weighted by Gasteiger charge is -2.41. The van der Waals surface area contributed by atoms with E-state index in [-0.39, 0.29) is 50.5 Å². The monoisotopic (exact) mass is 781 g/mol.